The van der Waals surface area contributed by atoms with Crippen LogP contribution in [0.3, 0.4) is 0 Å². The minimum absolute atomic E-state index is 0.00800. The van der Waals surface area contributed by atoms with E-state index >= 15 is 0 Å². The first-order valence-corrected chi connectivity index (χ1v) is 9.07. The van der Waals surface area contributed by atoms with Crippen molar-refractivity contribution < 1.29 is 13.6 Å². The van der Waals surface area contributed by atoms with Crippen LogP contribution in [0.1, 0.15) is 46.3 Å². The molecule has 1 amide bonds. The molecule has 27 heavy (non-hydrogen) atoms. The highest BCUT2D eigenvalue weighted by atomic mass is 19.1. The molecule has 1 atom stereocenters. The second-order valence-corrected chi connectivity index (χ2v) is 6.80. The molecule has 1 aliphatic rings. The van der Waals surface area contributed by atoms with Crippen LogP contribution in [-0.2, 0) is 6.42 Å². The van der Waals surface area contributed by atoms with Crippen molar-refractivity contribution in [3.63, 3.8) is 0 Å². The number of benzene rings is 1. The zero-order valence-electron chi connectivity index (χ0n) is 14.8. The molecule has 0 N–H and O–H groups in total. The Balaban J connectivity index is 1.44. The van der Waals surface area contributed by atoms with E-state index in [4.69, 9.17) is 4.42 Å². The molecule has 6 heteroatoms. The topological polar surface area (TPSA) is 59.2 Å². The molecule has 0 unspecified atom stereocenters. The number of pyridine rings is 1. The molecular formula is C21H20FN3O2. The standard InChI is InChI=1S/C21H20FN3O2/c22-18-5-1-3-15(11-18)12-19-13-24-20(27-19)17-4-2-10-25(14-17)21(26)16-6-8-23-9-7-16/h1,3,5-9,11,13,17H,2,4,10,12,14H2/t17-/m1/s1. The predicted octanol–water partition coefficient (Wildman–Crippen LogP) is 3.82. The molecule has 3 heterocycles. The summed E-state index contributed by atoms with van der Waals surface area (Å²) in [5.41, 5.74) is 1.49. The molecule has 1 saturated heterocycles. The number of hydrogen-bond donors (Lipinski definition) is 0. The summed E-state index contributed by atoms with van der Waals surface area (Å²) in [5, 5.41) is 0. The molecule has 3 aromatic rings. The molecule has 4 rings (SSSR count). The van der Waals surface area contributed by atoms with Crippen molar-refractivity contribution in [3.05, 3.63) is 83.6 Å². The van der Waals surface area contributed by atoms with Crippen LogP contribution in [0, 0.1) is 5.82 Å². The molecule has 0 saturated carbocycles. The highest BCUT2D eigenvalue weighted by Crippen LogP contribution is 2.28. The summed E-state index contributed by atoms with van der Waals surface area (Å²) < 4.78 is 19.3. The highest BCUT2D eigenvalue weighted by Gasteiger charge is 2.28. The van der Waals surface area contributed by atoms with Crippen molar-refractivity contribution in [2.24, 2.45) is 0 Å². The number of amides is 1. The third-order valence-electron chi connectivity index (χ3n) is 4.82. The van der Waals surface area contributed by atoms with E-state index in [2.05, 4.69) is 9.97 Å². The Kier molecular flexibility index (Phi) is 4.96. The van der Waals surface area contributed by atoms with Crippen molar-refractivity contribution in [2.45, 2.75) is 25.2 Å². The van der Waals surface area contributed by atoms with Crippen LogP contribution < -0.4 is 0 Å². The number of nitrogens with zero attached hydrogens (tertiary/aromatic N) is 3. The van der Waals surface area contributed by atoms with Crippen molar-refractivity contribution in [1.29, 1.82) is 0 Å². The third kappa shape index (κ3) is 4.05. The maximum Gasteiger partial charge on any atom is 0.253 e. The fourth-order valence-corrected chi connectivity index (χ4v) is 3.48. The molecule has 138 valence electrons. The first-order chi connectivity index (χ1) is 13.2. The molecule has 0 spiro atoms. The Morgan fingerprint density at radius 2 is 2.11 bits per heavy atom. The number of carbonyl (C=O) groups is 1. The molecule has 1 fully saturated rings. The number of aromatic nitrogens is 2. The van der Waals surface area contributed by atoms with E-state index in [0.717, 1.165) is 24.9 Å². The van der Waals surface area contributed by atoms with E-state index in [9.17, 15) is 9.18 Å². The fraction of sp³-hybridized carbons (Fsp3) is 0.286. The normalized spacial score (nSPS) is 17.1. The summed E-state index contributed by atoms with van der Waals surface area (Å²) in [7, 11) is 0. The Labute approximate surface area is 156 Å². The Morgan fingerprint density at radius 1 is 1.26 bits per heavy atom. The lowest BCUT2D eigenvalue weighted by Gasteiger charge is -2.31. The van der Waals surface area contributed by atoms with Gasteiger partial charge in [-0.25, -0.2) is 9.37 Å². The number of hydrogen-bond acceptors (Lipinski definition) is 4. The molecule has 0 aliphatic carbocycles. The highest BCUT2D eigenvalue weighted by molar-refractivity contribution is 5.94. The summed E-state index contributed by atoms with van der Waals surface area (Å²) in [6.07, 6.45) is 7.28. The quantitative estimate of drug-likeness (QED) is 0.705. The van der Waals surface area contributed by atoms with Gasteiger partial charge in [-0.05, 0) is 42.7 Å². The summed E-state index contributed by atoms with van der Waals surface area (Å²) >= 11 is 0. The monoisotopic (exact) mass is 365 g/mol. The summed E-state index contributed by atoms with van der Waals surface area (Å²) in [6, 6.07) is 9.93. The van der Waals surface area contributed by atoms with Crippen LogP contribution in [0.25, 0.3) is 0 Å². The average Bonchev–Trinajstić information content (AvgIpc) is 3.17. The van der Waals surface area contributed by atoms with Gasteiger partial charge >= 0.3 is 0 Å². The molecular weight excluding hydrogens is 345 g/mol. The molecule has 0 bridgehead atoms. The van der Waals surface area contributed by atoms with Crippen molar-refractivity contribution in [3.8, 4) is 0 Å². The van der Waals surface area contributed by atoms with Crippen LogP contribution in [0.15, 0.2) is 59.4 Å². The molecule has 2 aromatic heterocycles. The predicted molar refractivity (Wildman–Crippen MR) is 97.8 cm³/mol. The van der Waals surface area contributed by atoms with E-state index in [-0.39, 0.29) is 17.6 Å². The van der Waals surface area contributed by atoms with Gasteiger partial charge in [0.2, 0.25) is 0 Å². The maximum atomic E-state index is 13.3. The molecule has 0 radical (unpaired) electrons. The van der Waals surface area contributed by atoms with E-state index in [0.29, 0.717) is 30.2 Å². The van der Waals surface area contributed by atoms with Crippen LogP contribution in [0.5, 0.6) is 0 Å². The largest absolute Gasteiger partial charge is 0.445 e. The smallest absolute Gasteiger partial charge is 0.253 e. The SMILES string of the molecule is O=C(c1ccncc1)N1CCC[C@@H](c2ncc(Cc3cccc(F)c3)o2)C1. The second kappa shape index (κ2) is 7.70. The van der Waals surface area contributed by atoms with Gasteiger partial charge in [0.25, 0.3) is 5.91 Å². The van der Waals surface area contributed by atoms with Gasteiger partial charge in [0.15, 0.2) is 5.89 Å². The fourth-order valence-electron chi connectivity index (χ4n) is 3.48. The van der Waals surface area contributed by atoms with Crippen LogP contribution in [0.4, 0.5) is 4.39 Å². The van der Waals surface area contributed by atoms with Crippen LogP contribution in [0.2, 0.25) is 0 Å². The van der Waals surface area contributed by atoms with Crippen LogP contribution >= 0.6 is 0 Å². The van der Waals surface area contributed by atoms with Crippen molar-refractivity contribution in [2.75, 3.05) is 13.1 Å². The number of piperidine rings is 1. The number of halogens is 1. The summed E-state index contributed by atoms with van der Waals surface area (Å²) in [6.45, 7) is 1.32. The van der Waals surface area contributed by atoms with Crippen LogP contribution in [-0.4, -0.2) is 33.9 Å². The van der Waals surface area contributed by atoms with E-state index < -0.39 is 0 Å². The minimum atomic E-state index is -0.259. The maximum absolute atomic E-state index is 13.3. The Hall–Kier alpha value is -3.02. The Morgan fingerprint density at radius 3 is 2.93 bits per heavy atom. The van der Waals surface area contributed by atoms with E-state index in [1.165, 1.54) is 12.1 Å². The van der Waals surface area contributed by atoms with Gasteiger partial charge in [0.1, 0.15) is 11.6 Å². The van der Waals surface area contributed by atoms with Gasteiger partial charge in [-0.1, -0.05) is 12.1 Å². The van der Waals surface area contributed by atoms with E-state index in [1.807, 2.05) is 11.0 Å². The van der Waals surface area contributed by atoms with Gasteiger partial charge in [0, 0.05) is 37.5 Å². The van der Waals surface area contributed by atoms with Gasteiger partial charge in [-0.2, -0.15) is 0 Å². The van der Waals surface area contributed by atoms with Crippen molar-refractivity contribution in [1.82, 2.24) is 14.9 Å². The molecule has 1 aliphatic heterocycles. The van der Waals surface area contributed by atoms with Gasteiger partial charge in [0.05, 0.1) is 12.1 Å². The lowest BCUT2D eigenvalue weighted by molar-refractivity contribution is 0.0698. The first-order valence-electron chi connectivity index (χ1n) is 9.07. The second-order valence-electron chi connectivity index (χ2n) is 6.80. The number of oxazole rings is 1. The third-order valence-corrected chi connectivity index (χ3v) is 4.82. The van der Waals surface area contributed by atoms with Gasteiger partial charge in [-0.15, -0.1) is 0 Å². The minimum Gasteiger partial charge on any atom is -0.445 e. The Bertz CT molecular complexity index is 926. The van der Waals surface area contributed by atoms with Gasteiger partial charge < -0.3 is 9.32 Å². The van der Waals surface area contributed by atoms with Gasteiger partial charge in [-0.3, -0.25) is 9.78 Å². The zero-order valence-corrected chi connectivity index (χ0v) is 14.8. The van der Waals surface area contributed by atoms with Crippen molar-refractivity contribution >= 4 is 5.91 Å². The summed E-state index contributed by atoms with van der Waals surface area (Å²) in [4.78, 5) is 22.9. The lowest BCUT2D eigenvalue weighted by atomic mass is 9.97. The average molecular weight is 365 g/mol. The number of carbonyl (C=O) groups excluding carboxylic acids is 1. The molecule has 1 aromatic carbocycles. The summed E-state index contributed by atoms with van der Waals surface area (Å²) in [5.74, 6) is 1.17. The van der Waals surface area contributed by atoms with E-state index in [1.54, 1.807) is 36.8 Å². The first kappa shape index (κ1) is 17.4. The molecule has 5 nitrogen and oxygen atoms in total. The zero-order chi connectivity index (χ0) is 18.6. The number of likely N-dealkylation sites (tertiary alicyclic amines) is 1. The number of rotatable bonds is 4. The lowest BCUT2D eigenvalue weighted by Crippen LogP contribution is -2.39.